The first kappa shape index (κ1) is 15.6. The molecule has 3 heterocycles. The molecule has 28 heavy (non-hydrogen) atoms. The largest absolute Gasteiger partial charge is 0.457 e. The number of rotatable bonds is 2. The van der Waals surface area contributed by atoms with Crippen molar-refractivity contribution in [1.82, 2.24) is 0 Å². The predicted molar refractivity (Wildman–Crippen MR) is 111 cm³/mol. The van der Waals surface area contributed by atoms with Crippen LogP contribution in [0.15, 0.2) is 78.5 Å². The van der Waals surface area contributed by atoms with Gasteiger partial charge in [-0.1, -0.05) is 30.4 Å². The van der Waals surface area contributed by atoms with Crippen LogP contribution in [-0.4, -0.2) is 0 Å². The minimum atomic E-state index is 0.136. The van der Waals surface area contributed by atoms with Crippen molar-refractivity contribution >= 4 is 11.4 Å². The molecule has 3 aliphatic rings. The molecule has 0 spiro atoms. The fourth-order valence-electron chi connectivity index (χ4n) is 4.69. The molecule has 0 radical (unpaired) electrons. The Labute approximate surface area is 164 Å². The molecule has 0 unspecified atom stereocenters. The first-order valence-corrected chi connectivity index (χ1v) is 9.62. The Kier molecular flexibility index (Phi) is 3.07. The highest BCUT2D eigenvalue weighted by atomic mass is 16.5. The molecule has 0 amide bonds. The van der Waals surface area contributed by atoms with Crippen LogP contribution < -0.4 is 14.4 Å². The van der Waals surface area contributed by atoms with Gasteiger partial charge in [0.15, 0.2) is 0 Å². The molecule has 0 aliphatic carbocycles. The fourth-order valence-corrected chi connectivity index (χ4v) is 4.69. The molecule has 3 nitrogen and oxygen atoms in total. The van der Waals surface area contributed by atoms with E-state index in [1.807, 2.05) is 31.2 Å². The van der Waals surface area contributed by atoms with Crippen molar-refractivity contribution in [3.8, 4) is 23.0 Å². The molecule has 3 aliphatic heterocycles. The zero-order chi connectivity index (χ0) is 18.8. The van der Waals surface area contributed by atoms with E-state index in [0.717, 1.165) is 34.3 Å². The standard InChI is InChI=1S/C25H19NO2/c1-3-4-8-15(2)26-16-9-5-11-18-22(16)25-23-17(26)10-6-12-19(23)28-21-14-7-13-20(27-18)24(21)25/h3-14,25H,1-2H3/b4-3-,15-8+. The number of hydrogen-bond donors (Lipinski definition) is 0. The zero-order valence-electron chi connectivity index (χ0n) is 15.8. The van der Waals surface area contributed by atoms with Crippen LogP contribution in [0.5, 0.6) is 23.0 Å². The van der Waals surface area contributed by atoms with Crippen molar-refractivity contribution in [3.63, 3.8) is 0 Å². The van der Waals surface area contributed by atoms with Gasteiger partial charge in [0.05, 0.1) is 17.3 Å². The Morgan fingerprint density at radius 1 is 0.786 bits per heavy atom. The van der Waals surface area contributed by atoms with E-state index in [1.54, 1.807) is 0 Å². The van der Waals surface area contributed by atoms with Crippen LogP contribution in [0.1, 0.15) is 36.5 Å². The lowest BCUT2D eigenvalue weighted by molar-refractivity contribution is 0.408. The third-order valence-electron chi connectivity index (χ3n) is 5.78. The summed E-state index contributed by atoms with van der Waals surface area (Å²) in [5, 5.41) is 0. The van der Waals surface area contributed by atoms with E-state index in [0.29, 0.717) is 0 Å². The van der Waals surface area contributed by atoms with E-state index in [4.69, 9.17) is 9.47 Å². The van der Waals surface area contributed by atoms with Crippen molar-refractivity contribution in [3.05, 3.63) is 95.2 Å². The third-order valence-corrected chi connectivity index (χ3v) is 5.78. The van der Waals surface area contributed by atoms with Gasteiger partial charge in [-0.3, -0.25) is 0 Å². The maximum Gasteiger partial charge on any atom is 0.135 e. The molecule has 0 fully saturated rings. The highest BCUT2D eigenvalue weighted by Gasteiger charge is 2.44. The number of benzene rings is 3. The molecule has 0 saturated heterocycles. The van der Waals surface area contributed by atoms with Crippen LogP contribution in [0.2, 0.25) is 0 Å². The molecule has 136 valence electrons. The van der Waals surface area contributed by atoms with Crippen molar-refractivity contribution < 1.29 is 9.47 Å². The first-order chi connectivity index (χ1) is 13.8. The average molecular weight is 365 g/mol. The normalized spacial score (nSPS) is 15.9. The van der Waals surface area contributed by atoms with E-state index in [2.05, 4.69) is 60.4 Å². The molecular formula is C25H19NO2. The minimum absolute atomic E-state index is 0.136. The van der Waals surface area contributed by atoms with E-state index in [1.165, 1.54) is 22.5 Å². The monoisotopic (exact) mass is 365 g/mol. The van der Waals surface area contributed by atoms with Gasteiger partial charge in [0.2, 0.25) is 0 Å². The van der Waals surface area contributed by atoms with Crippen molar-refractivity contribution in [2.45, 2.75) is 19.8 Å². The molecule has 3 aromatic rings. The molecular weight excluding hydrogens is 346 g/mol. The summed E-state index contributed by atoms with van der Waals surface area (Å²) in [6.45, 7) is 4.18. The lowest BCUT2D eigenvalue weighted by atomic mass is 9.76. The second kappa shape index (κ2) is 5.52. The summed E-state index contributed by atoms with van der Waals surface area (Å²) in [5.41, 5.74) is 7.08. The van der Waals surface area contributed by atoms with Gasteiger partial charge < -0.3 is 14.4 Å². The smallest absolute Gasteiger partial charge is 0.135 e. The van der Waals surface area contributed by atoms with Crippen molar-refractivity contribution in [2.75, 3.05) is 4.90 Å². The number of ether oxygens (including phenoxy) is 2. The Morgan fingerprint density at radius 2 is 1.29 bits per heavy atom. The number of nitrogens with zero attached hydrogens (tertiary/aromatic N) is 1. The van der Waals surface area contributed by atoms with E-state index in [9.17, 15) is 0 Å². The van der Waals surface area contributed by atoms with Crippen molar-refractivity contribution in [1.29, 1.82) is 0 Å². The second-order valence-electron chi connectivity index (χ2n) is 7.35. The molecule has 3 heteroatoms. The van der Waals surface area contributed by atoms with Crippen molar-refractivity contribution in [2.24, 2.45) is 0 Å². The lowest BCUT2D eigenvalue weighted by Crippen LogP contribution is -2.28. The Morgan fingerprint density at radius 3 is 1.82 bits per heavy atom. The van der Waals surface area contributed by atoms with Crippen LogP contribution in [0, 0.1) is 0 Å². The van der Waals surface area contributed by atoms with E-state index < -0.39 is 0 Å². The topological polar surface area (TPSA) is 21.7 Å². The van der Waals surface area contributed by atoms with Crippen LogP contribution in [0.25, 0.3) is 0 Å². The second-order valence-corrected chi connectivity index (χ2v) is 7.35. The molecule has 6 rings (SSSR count). The maximum atomic E-state index is 6.32. The van der Waals surface area contributed by atoms with Crippen LogP contribution in [-0.2, 0) is 0 Å². The molecule has 0 atom stereocenters. The van der Waals surface area contributed by atoms with Gasteiger partial charge in [-0.05, 0) is 56.3 Å². The summed E-state index contributed by atoms with van der Waals surface area (Å²) in [6, 6.07) is 18.7. The third kappa shape index (κ3) is 1.88. The Balaban J connectivity index is 1.72. The first-order valence-electron chi connectivity index (χ1n) is 9.62. The van der Waals surface area contributed by atoms with Crippen LogP contribution in [0.3, 0.4) is 0 Å². The zero-order valence-corrected chi connectivity index (χ0v) is 15.8. The SMILES string of the molecule is C/C=C\C=C(/C)N1c2cccc3c2C2c4c(cccc4Oc4cccc1c42)O3. The summed E-state index contributed by atoms with van der Waals surface area (Å²) < 4.78 is 12.6. The average Bonchev–Trinajstić information content (AvgIpc) is 2.72. The van der Waals surface area contributed by atoms with Crippen LogP contribution in [0.4, 0.5) is 11.4 Å². The van der Waals surface area contributed by atoms with Gasteiger partial charge >= 0.3 is 0 Å². The predicted octanol–water partition coefficient (Wildman–Crippen LogP) is 7.01. The molecule has 0 saturated carbocycles. The minimum Gasteiger partial charge on any atom is -0.457 e. The van der Waals surface area contributed by atoms with Crippen LogP contribution >= 0.6 is 0 Å². The summed E-state index contributed by atoms with van der Waals surface area (Å²) in [6.07, 6.45) is 6.27. The Hall–Kier alpha value is -3.46. The lowest BCUT2D eigenvalue weighted by Gasteiger charge is -2.44. The maximum absolute atomic E-state index is 6.32. The van der Waals surface area contributed by atoms with Gasteiger partial charge in [0, 0.05) is 22.4 Å². The summed E-state index contributed by atoms with van der Waals surface area (Å²) in [7, 11) is 0. The summed E-state index contributed by atoms with van der Waals surface area (Å²) in [4.78, 5) is 2.32. The quantitative estimate of drug-likeness (QED) is 0.314. The number of anilines is 2. The summed E-state index contributed by atoms with van der Waals surface area (Å²) in [5.74, 6) is 3.78. The van der Waals surface area contributed by atoms with E-state index >= 15 is 0 Å². The van der Waals surface area contributed by atoms with Gasteiger partial charge in [-0.2, -0.15) is 0 Å². The highest BCUT2D eigenvalue weighted by molar-refractivity contribution is 5.87. The summed E-state index contributed by atoms with van der Waals surface area (Å²) >= 11 is 0. The van der Waals surface area contributed by atoms with Gasteiger partial charge in [-0.15, -0.1) is 0 Å². The van der Waals surface area contributed by atoms with Gasteiger partial charge in [-0.25, -0.2) is 0 Å². The molecule has 0 N–H and O–H groups in total. The van der Waals surface area contributed by atoms with Gasteiger partial charge in [0.25, 0.3) is 0 Å². The highest BCUT2D eigenvalue weighted by Crippen LogP contribution is 2.63. The molecule has 0 aromatic heterocycles. The molecule has 0 bridgehead atoms. The number of hydrogen-bond acceptors (Lipinski definition) is 3. The number of allylic oxidation sites excluding steroid dienone is 4. The molecule has 3 aromatic carbocycles. The van der Waals surface area contributed by atoms with E-state index in [-0.39, 0.29) is 5.92 Å². The fraction of sp³-hybridized carbons (Fsp3) is 0.120. The van der Waals surface area contributed by atoms with Gasteiger partial charge in [0.1, 0.15) is 23.0 Å². The Bertz CT molecular complexity index is 1130.